The third-order valence-corrected chi connectivity index (χ3v) is 7.33. The third-order valence-electron chi connectivity index (χ3n) is 5.08. The Hall–Kier alpha value is -3.45. The standard InChI is InChI=1S/C24H16F2N2O5S3/c25-17-6-3-13(8-18(17)26)14-7-16(35-11-14)9-20-22(31)28(24(34)36-20)10-19(29)21(30)27-15-4-1-12(2-5-15)23(32)33/h1-9,11,19,29H,10H2,(H,27,30)(H,32,33). The van der Waals surface area contributed by atoms with Crippen LogP contribution in [0.3, 0.4) is 0 Å². The lowest BCUT2D eigenvalue weighted by atomic mass is 10.1. The van der Waals surface area contributed by atoms with Crippen LogP contribution in [-0.2, 0) is 9.59 Å². The summed E-state index contributed by atoms with van der Waals surface area (Å²) in [6, 6.07) is 10.7. The smallest absolute Gasteiger partial charge is 0.335 e. The van der Waals surface area contributed by atoms with Crippen LogP contribution in [0.25, 0.3) is 17.2 Å². The highest BCUT2D eigenvalue weighted by molar-refractivity contribution is 8.26. The molecule has 12 heteroatoms. The minimum Gasteiger partial charge on any atom is -0.478 e. The molecule has 1 aromatic heterocycles. The molecule has 36 heavy (non-hydrogen) atoms. The van der Waals surface area contributed by atoms with Crippen molar-refractivity contribution in [3.05, 3.63) is 80.9 Å². The van der Waals surface area contributed by atoms with Crippen molar-refractivity contribution >= 4 is 69.2 Å². The molecule has 0 spiro atoms. The topological polar surface area (TPSA) is 107 Å². The number of halogens is 2. The fourth-order valence-corrected chi connectivity index (χ4v) is 5.41. The van der Waals surface area contributed by atoms with Gasteiger partial charge in [0.25, 0.3) is 11.8 Å². The molecule has 2 aromatic carbocycles. The molecule has 0 bridgehead atoms. The normalized spacial score (nSPS) is 15.4. The van der Waals surface area contributed by atoms with Crippen molar-refractivity contribution < 1.29 is 33.4 Å². The number of anilines is 1. The van der Waals surface area contributed by atoms with Crippen molar-refractivity contribution in [3.63, 3.8) is 0 Å². The van der Waals surface area contributed by atoms with E-state index in [-0.39, 0.29) is 27.0 Å². The molecule has 0 saturated carbocycles. The van der Waals surface area contributed by atoms with E-state index in [1.807, 2.05) is 0 Å². The van der Waals surface area contributed by atoms with Gasteiger partial charge >= 0.3 is 5.97 Å². The van der Waals surface area contributed by atoms with Crippen LogP contribution in [0.2, 0.25) is 0 Å². The first-order valence-corrected chi connectivity index (χ1v) is 12.3. The fraction of sp³-hybridized carbons (Fsp3) is 0.0833. The molecule has 2 heterocycles. The molecule has 1 fully saturated rings. The lowest BCUT2D eigenvalue weighted by Gasteiger charge is -2.18. The minimum absolute atomic E-state index is 0.0422. The van der Waals surface area contributed by atoms with E-state index in [2.05, 4.69) is 5.32 Å². The van der Waals surface area contributed by atoms with Gasteiger partial charge in [-0.05, 0) is 65.0 Å². The van der Waals surface area contributed by atoms with Gasteiger partial charge < -0.3 is 15.5 Å². The number of benzene rings is 2. The minimum atomic E-state index is -1.59. The van der Waals surface area contributed by atoms with Gasteiger partial charge in [0, 0.05) is 10.6 Å². The van der Waals surface area contributed by atoms with Gasteiger partial charge in [0.15, 0.2) is 17.7 Å². The molecule has 3 N–H and O–H groups in total. The summed E-state index contributed by atoms with van der Waals surface area (Å²) in [7, 11) is 0. The van der Waals surface area contributed by atoms with Gasteiger partial charge in [0.1, 0.15) is 4.32 Å². The quantitative estimate of drug-likeness (QED) is 0.294. The summed E-state index contributed by atoms with van der Waals surface area (Å²) in [4.78, 5) is 38.2. The summed E-state index contributed by atoms with van der Waals surface area (Å²) in [5.41, 5.74) is 1.47. The Morgan fingerprint density at radius 2 is 1.81 bits per heavy atom. The van der Waals surface area contributed by atoms with Crippen LogP contribution in [-0.4, -0.2) is 49.9 Å². The average molecular weight is 547 g/mol. The lowest BCUT2D eigenvalue weighted by Crippen LogP contribution is -2.41. The number of aromatic carboxylic acids is 1. The first-order valence-electron chi connectivity index (χ1n) is 10.2. The van der Waals surface area contributed by atoms with E-state index in [4.69, 9.17) is 17.3 Å². The van der Waals surface area contributed by atoms with Crippen LogP contribution in [0, 0.1) is 11.6 Å². The van der Waals surface area contributed by atoms with Gasteiger partial charge in [-0.15, -0.1) is 11.3 Å². The number of carbonyl (C=O) groups excluding carboxylic acids is 2. The molecule has 0 aliphatic carbocycles. The molecule has 1 atom stereocenters. The summed E-state index contributed by atoms with van der Waals surface area (Å²) < 4.78 is 26.9. The Bertz CT molecular complexity index is 1400. The fourth-order valence-electron chi connectivity index (χ4n) is 3.22. The first-order chi connectivity index (χ1) is 17.1. The Labute approximate surface area is 217 Å². The summed E-state index contributed by atoms with van der Waals surface area (Å²) >= 11 is 7.56. The van der Waals surface area contributed by atoms with Gasteiger partial charge in [-0.25, -0.2) is 13.6 Å². The van der Waals surface area contributed by atoms with Crippen molar-refractivity contribution in [1.29, 1.82) is 0 Å². The number of thiocarbonyl (C=S) groups is 1. The van der Waals surface area contributed by atoms with E-state index in [0.29, 0.717) is 16.0 Å². The van der Waals surface area contributed by atoms with Crippen LogP contribution >= 0.6 is 35.3 Å². The van der Waals surface area contributed by atoms with E-state index in [9.17, 15) is 28.3 Å². The number of carbonyl (C=O) groups is 3. The molecule has 184 valence electrons. The van der Waals surface area contributed by atoms with Gasteiger partial charge in [-0.3, -0.25) is 14.5 Å². The van der Waals surface area contributed by atoms with Crippen LogP contribution in [0.5, 0.6) is 0 Å². The van der Waals surface area contributed by atoms with Crippen LogP contribution < -0.4 is 5.32 Å². The number of nitrogens with zero attached hydrogens (tertiary/aromatic N) is 1. The highest BCUT2D eigenvalue weighted by Crippen LogP contribution is 2.35. The second-order valence-electron chi connectivity index (χ2n) is 7.55. The molecule has 4 rings (SSSR count). The number of carboxylic acids is 1. The average Bonchev–Trinajstić information content (AvgIpc) is 3.41. The van der Waals surface area contributed by atoms with Gasteiger partial charge in [-0.2, -0.15) is 0 Å². The van der Waals surface area contributed by atoms with Gasteiger partial charge in [0.2, 0.25) is 0 Å². The summed E-state index contributed by atoms with van der Waals surface area (Å²) in [5, 5.41) is 23.5. The Morgan fingerprint density at radius 3 is 2.47 bits per heavy atom. The Balaban J connectivity index is 1.41. The van der Waals surface area contributed by atoms with Crippen LogP contribution in [0.4, 0.5) is 14.5 Å². The number of hydrogen-bond acceptors (Lipinski definition) is 7. The van der Waals surface area contributed by atoms with E-state index >= 15 is 0 Å². The van der Waals surface area contributed by atoms with Crippen molar-refractivity contribution in [3.8, 4) is 11.1 Å². The van der Waals surface area contributed by atoms with E-state index < -0.39 is 35.5 Å². The maximum absolute atomic E-state index is 13.5. The number of aliphatic hydroxyl groups is 1. The molecule has 1 aliphatic rings. The second-order valence-corrected chi connectivity index (χ2v) is 10.2. The first kappa shape index (κ1) is 25.6. The van der Waals surface area contributed by atoms with Gasteiger partial charge in [0.05, 0.1) is 17.0 Å². The maximum atomic E-state index is 13.5. The van der Waals surface area contributed by atoms with Crippen molar-refractivity contribution in [2.45, 2.75) is 6.10 Å². The third kappa shape index (κ3) is 5.68. The highest BCUT2D eigenvalue weighted by atomic mass is 32.2. The molecule has 1 aliphatic heterocycles. The molecular formula is C24H16F2N2O5S3. The van der Waals surface area contributed by atoms with Crippen molar-refractivity contribution in [2.24, 2.45) is 0 Å². The van der Waals surface area contributed by atoms with Gasteiger partial charge in [-0.1, -0.05) is 30.0 Å². The number of β-amino-alcohol motifs (C(OH)–C–C–N with tert-alkyl or cyclic N) is 1. The zero-order valence-electron chi connectivity index (χ0n) is 18.1. The number of amides is 2. The van der Waals surface area contributed by atoms with E-state index in [1.54, 1.807) is 17.5 Å². The molecule has 3 aromatic rings. The molecular weight excluding hydrogens is 530 g/mol. The van der Waals surface area contributed by atoms with Crippen LogP contribution in [0.1, 0.15) is 15.2 Å². The maximum Gasteiger partial charge on any atom is 0.335 e. The largest absolute Gasteiger partial charge is 0.478 e. The van der Waals surface area contributed by atoms with E-state index in [1.165, 1.54) is 41.7 Å². The highest BCUT2D eigenvalue weighted by Gasteiger charge is 2.35. The van der Waals surface area contributed by atoms with Crippen LogP contribution in [0.15, 0.2) is 58.8 Å². The van der Waals surface area contributed by atoms with E-state index in [0.717, 1.165) is 28.8 Å². The van der Waals surface area contributed by atoms with Crippen molar-refractivity contribution in [2.75, 3.05) is 11.9 Å². The zero-order chi connectivity index (χ0) is 26.0. The molecule has 7 nitrogen and oxygen atoms in total. The predicted octanol–water partition coefficient (Wildman–Crippen LogP) is 4.59. The lowest BCUT2D eigenvalue weighted by molar-refractivity contribution is -0.127. The molecule has 0 radical (unpaired) electrons. The molecule has 1 unspecified atom stereocenters. The summed E-state index contributed by atoms with van der Waals surface area (Å²) in [6.45, 7) is -0.369. The number of carboxylic acid groups (broad SMARTS) is 1. The monoisotopic (exact) mass is 546 g/mol. The number of rotatable bonds is 7. The zero-order valence-corrected chi connectivity index (χ0v) is 20.6. The molecule has 1 saturated heterocycles. The predicted molar refractivity (Wildman–Crippen MR) is 138 cm³/mol. The number of thiophene rings is 1. The summed E-state index contributed by atoms with van der Waals surface area (Å²) in [6.07, 6.45) is 0.0109. The number of aliphatic hydroxyl groups excluding tert-OH is 1. The number of hydrogen-bond donors (Lipinski definition) is 3. The SMILES string of the molecule is O=C(O)c1ccc(NC(=O)C(O)CN2C(=O)C(=Cc3cc(-c4ccc(F)c(F)c4)cs3)SC2=S)cc1. The number of nitrogens with one attached hydrogen (secondary N) is 1. The second kappa shape index (κ2) is 10.7. The van der Waals surface area contributed by atoms with Crippen molar-refractivity contribution in [1.82, 2.24) is 4.90 Å². The number of thioether (sulfide) groups is 1. The Kier molecular flexibility index (Phi) is 7.59. The summed E-state index contributed by atoms with van der Waals surface area (Å²) in [5.74, 6) is -4.28. The Morgan fingerprint density at radius 1 is 1.08 bits per heavy atom. The molecule has 2 amide bonds.